The standard InChI is InChI=1S/C23H24N2O6S2/c1-4-30-19-11-9-18(10-12-19)25(3)33(28,29)20-13-14-32-21(20)22(26)24-17-8-6-7-16(15-17)23(27)31-5-2/h6-15H,4-5H2,1-3H3,(H,24,26). The SMILES string of the molecule is CCOC(=O)c1cccc(NC(=O)c2sccc2S(=O)(=O)N(C)c2ccc(OCC)cc2)c1. The second kappa shape index (κ2) is 10.5. The molecule has 8 nitrogen and oxygen atoms in total. The predicted octanol–water partition coefficient (Wildman–Crippen LogP) is 4.40. The van der Waals surface area contributed by atoms with Crippen LogP contribution in [0.4, 0.5) is 11.4 Å². The van der Waals surface area contributed by atoms with Crippen molar-refractivity contribution in [1.82, 2.24) is 0 Å². The van der Waals surface area contributed by atoms with Gasteiger partial charge >= 0.3 is 5.97 Å². The van der Waals surface area contributed by atoms with Gasteiger partial charge in [-0.2, -0.15) is 0 Å². The molecule has 3 aromatic rings. The van der Waals surface area contributed by atoms with E-state index in [1.54, 1.807) is 54.8 Å². The number of carbonyl (C=O) groups is 2. The highest BCUT2D eigenvalue weighted by Crippen LogP contribution is 2.29. The van der Waals surface area contributed by atoms with E-state index in [1.807, 2.05) is 6.92 Å². The van der Waals surface area contributed by atoms with Crippen molar-refractivity contribution in [1.29, 1.82) is 0 Å². The Bertz CT molecular complexity index is 1240. The summed E-state index contributed by atoms with van der Waals surface area (Å²) in [6.07, 6.45) is 0. The lowest BCUT2D eigenvalue weighted by Crippen LogP contribution is -2.28. The van der Waals surface area contributed by atoms with Crippen LogP contribution in [0.1, 0.15) is 33.9 Å². The molecule has 10 heteroatoms. The van der Waals surface area contributed by atoms with Gasteiger partial charge in [0.1, 0.15) is 15.5 Å². The lowest BCUT2D eigenvalue weighted by Gasteiger charge is -2.20. The fraction of sp³-hybridized carbons (Fsp3) is 0.217. The van der Waals surface area contributed by atoms with E-state index in [9.17, 15) is 18.0 Å². The number of hydrogen-bond donors (Lipinski definition) is 1. The van der Waals surface area contributed by atoms with Crippen molar-refractivity contribution < 1.29 is 27.5 Å². The molecule has 2 aromatic carbocycles. The molecule has 0 fully saturated rings. The van der Waals surface area contributed by atoms with Gasteiger partial charge in [0.05, 0.1) is 24.5 Å². The summed E-state index contributed by atoms with van der Waals surface area (Å²) in [6, 6.07) is 14.3. The number of esters is 1. The maximum absolute atomic E-state index is 13.3. The van der Waals surface area contributed by atoms with Crippen molar-refractivity contribution in [2.24, 2.45) is 0 Å². The summed E-state index contributed by atoms with van der Waals surface area (Å²) >= 11 is 1.01. The summed E-state index contributed by atoms with van der Waals surface area (Å²) in [5, 5.41) is 4.20. The average molecular weight is 489 g/mol. The zero-order valence-corrected chi connectivity index (χ0v) is 20.0. The number of anilines is 2. The minimum Gasteiger partial charge on any atom is -0.494 e. The number of sulfonamides is 1. The first kappa shape index (κ1) is 24.3. The monoisotopic (exact) mass is 488 g/mol. The van der Waals surface area contributed by atoms with E-state index in [1.165, 1.54) is 19.2 Å². The molecule has 0 spiro atoms. The molecule has 0 aliphatic carbocycles. The van der Waals surface area contributed by atoms with Crippen LogP contribution in [0.2, 0.25) is 0 Å². The van der Waals surface area contributed by atoms with E-state index >= 15 is 0 Å². The van der Waals surface area contributed by atoms with Gasteiger partial charge in [0, 0.05) is 12.7 Å². The first-order valence-corrected chi connectivity index (χ1v) is 12.5. The predicted molar refractivity (Wildman–Crippen MR) is 128 cm³/mol. The third-order valence-electron chi connectivity index (χ3n) is 4.62. The summed E-state index contributed by atoms with van der Waals surface area (Å²) < 4.78 is 38.0. The summed E-state index contributed by atoms with van der Waals surface area (Å²) in [5.41, 5.74) is 1.06. The average Bonchev–Trinajstić information content (AvgIpc) is 3.31. The molecule has 0 radical (unpaired) electrons. The second-order valence-electron chi connectivity index (χ2n) is 6.77. The molecule has 0 saturated carbocycles. The number of carbonyl (C=O) groups excluding carboxylic acids is 2. The van der Waals surface area contributed by atoms with Gasteiger partial charge in [-0.3, -0.25) is 9.10 Å². The van der Waals surface area contributed by atoms with Crippen LogP contribution in [0.3, 0.4) is 0 Å². The van der Waals surface area contributed by atoms with Crippen LogP contribution in [-0.2, 0) is 14.8 Å². The molecule has 0 aliphatic rings. The summed E-state index contributed by atoms with van der Waals surface area (Å²) in [5.74, 6) is -0.470. The third-order valence-corrected chi connectivity index (χ3v) is 7.49. The Kier molecular flexibility index (Phi) is 7.72. The minimum absolute atomic E-state index is 0.0364. The lowest BCUT2D eigenvalue weighted by atomic mass is 10.2. The Morgan fingerprint density at radius 3 is 2.42 bits per heavy atom. The van der Waals surface area contributed by atoms with Gasteiger partial charge in [-0.05, 0) is 67.8 Å². The fourth-order valence-corrected chi connectivity index (χ4v) is 5.49. The molecule has 174 valence electrons. The van der Waals surface area contributed by atoms with E-state index in [-0.39, 0.29) is 21.9 Å². The minimum atomic E-state index is -4.00. The second-order valence-corrected chi connectivity index (χ2v) is 9.62. The van der Waals surface area contributed by atoms with Crippen molar-refractivity contribution >= 4 is 44.6 Å². The first-order chi connectivity index (χ1) is 15.8. The molecule has 1 heterocycles. The van der Waals surface area contributed by atoms with E-state index < -0.39 is 21.9 Å². The molecule has 1 amide bonds. The molecule has 33 heavy (non-hydrogen) atoms. The van der Waals surface area contributed by atoms with E-state index in [2.05, 4.69) is 5.32 Å². The number of hydrogen-bond acceptors (Lipinski definition) is 7. The summed E-state index contributed by atoms with van der Waals surface area (Å²) in [7, 11) is -2.58. The highest BCUT2D eigenvalue weighted by Gasteiger charge is 2.28. The number of nitrogens with one attached hydrogen (secondary N) is 1. The first-order valence-electron chi connectivity index (χ1n) is 10.2. The van der Waals surface area contributed by atoms with Crippen LogP contribution < -0.4 is 14.4 Å². The molecular formula is C23H24N2O6S2. The topological polar surface area (TPSA) is 102 Å². The van der Waals surface area contributed by atoms with Crippen LogP contribution >= 0.6 is 11.3 Å². The molecule has 0 saturated heterocycles. The molecule has 0 bridgehead atoms. The van der Waals surface area contributed by atoms with Gasteiger partial charge in [0.15, 0.2) is 0 Å². The van der Waals surface area contributed by atoms with Crippen LogP contribution in [-0.4, -0.2) is 40.6 Å². The zero-order chi connectivity index (χ0) is 24.0. The van der Waals surface area contributed by atoms with E-state index in [0.29, 0.717) is 23.7 Å². The maximum atomic E-state index is 13.3. The van der Waals surface area contributed by atoms with E-state index in [4.69, 9.17) is 9.47 Å². The molecule has 0 aliphatic heterocycles. The maximum Gasteiger partial charge on any atom is 0.338 e. The molecule has 0 unspecified atom stereocenters. The number of thiophene rings is 1. The highest BCUT2D eigenvalue weighted by molar-refractivity contribution is 7.93. The van der Waals surface area contributed by atoms with Crippen LogP contribution in [0.5, 0.6) is 5.75 Å². The summed E-state index contributed by atoms with van der Waals surface area (Å²) in [6.45, 7) is 4.30. The number of ether oxygens (including phenoxy) is 2. The molecule has 0 atom stereocenters. The van der Waals surface area contributed by atoms with Crippen LogP contribution in [0.15, 0.2) is 64.9 Å². The Balaban J connectivity index is 1.83. The van der Waals surface area contributed by atoms with Crippen molar-refractivity contribution in [2.45, 2.75) is 18.7 Å². The third kappa shape index (κ3) is 5.52. The highest BCUT2D eigenvalue weighted by atomic mass is 32.2. The number of amides is 1. The van der Waals surface area contributed by atoms with Crippen molar-refractivity contribution in [3.8, 4) is 5.75 Å². The van der Waals surface area contributed by atoms with Gasteiger partial charge < -0.3 is 14.8 Å². The number of nitrogens with zero attached hydrogens (tertiary/aromatic N) is 1. The quantitative estimate of drug-likeness (QED) is 0.448. The smallest absolute Gasteiger partial charge is 0.338 e. The van der Waals surface area contributed by atoms with Gasteiger partial charge in [-0.15, -0.1) is 11.3 Å². The number of rotatable bonds is 9. The van der Waals surface area contributed by atoms with Gasteiger partial charge in [-0.1, -0.05) is 6.07 Å². The number of benzene rings is 2. The molecule has 3 rings (SSSR count). The Morgan fingerprint density at radius 2 is 1.76 bits per heavy atom. The van der Waals surface area contributed by atoms with Gasteiger partial charge in [0.25, 0.3) is 15.9 Å². The largest absolute Gasteiger partial charge is 0.494 e. The van der Waals surface area contributed by atoms with Gasteiger partial charge in [0.2, 0.25) is 0 Å². The zero-order valence-electron chi connectivity index (χ0n) is 18.4. The van der Waals surface area contributed by atoms with E-state index in [0.717, 1.165) is 15.6 Å². The summed E-state index contributed by atoms with van der Waals surface area (Å²) in [4.78, 5) is 24.8. The molecule has 1 aromatic heterocycles. The fourth-order valence-electron chi connectivity index (χ4n) is 3.00. The van der Waals surface area contributed by atoms with Crippen LogP contribution in [0.25, 0.3) is 0 Å². The molecular weight excluding hydrogens is 464 g/mol. The Morgan fingerprint density at radius 1 is 1.03 bits per heavy atom. The van der Waals surface area contributed by atoms with Crippen LogP contribution in [0, 0.1) is 0 Å². The Hall–Kier alpha value is -3.37. The Labute approximate surface area is 196 Å². The van der Waals surface area contributed by atoms with Crippen molar-refractivity contribution in [3.63, 3.8) is 0 Å². The van der Waals surface area contributed by atoms with Gasteiger partial charge in [-0.25, -0.2) is 13.2 Å². The van der Waals surface area contributed by atoms with Crippen molar-refractivity contribution in [3.05, 3.63) is 70.4 Å². The normalized spacial score (nSPS) is 11.0. The molecule has 1 N–H and O–H groups in total. The lowest BCUT2D eigenvalue weighted by molar-refractivity contribution is 0.0526. The van der Waals surface area contributed by atoms with Crippen molar-refractivity contribution in [2.75, 3.05) is 29.9 Å².